The third kappa shape index (κ3) is 10.3. The van der Waals surface area contributed by atoms with E-state index >= 15 is 0 Å². The summed E-state index contributed by atoms with van der Waals surface area (Å²) in [6.45, 7) is 19.8. The Morgan fingerprint density at radius 1 is 1.10 bits per heavy atom. The van der Waals surface area contributed by atoms with E-state index in [2.05, 4.69) is 49.9 Å². The minimum atomic E-state index is -2.12. The average molecular weight is 607 g/mol. The van der Waals surface area contributed by atoms with Crippen molar-refractivity contribution in [3.63, 3.8) is 0 Å². The molecule has 1 aliphatic rings. The van der Waals surface area contributed by atoms with Crippen LogP contribution in [0.1, 0.15) is 73.8 Å². The van der Waals surface area contributed by atoms with Gasteiger partial charge < -0.3 is 24.9 Å². The molecule has 236 valence electrons. The lowest BCUT2D eigenvalue weighted by molar-refractivity contribution is -0.148. The SMILES string of the molecule is CC(C)[C@H](NC(=O)OC(C)(C)C)C(=O)N[C@@H](Cc1cccc(O[Si](C)(C)C(C)(C)C)c1)C(=O)N1CCC[C@@H](C(=O)O)N1. The van der Waals surface area contributed by atoms with E-state index in [0.29, 0.717) is 25.1 Å². The third-order valence-electron chi connectivity index (χ3n) is 7.50. The van der Waals surface area contributed by atoms with Crippen molar-refractivity contribution in [2.45, 2.75) is 117 Å². The molecular formula is C30H50N4O7Si. The first-order chi connectivity index (χ1) is 19.2. The molecule has 1 aromatic rings. The van der Waals surface area contributed by atoms with Crippen molar-refractivity contribution >= 4 is 32.2 Å². The molecule has 12 heteroatoms. The van der Waals surface area contributed by atoms with Crippen LogP contribution in [-0.4, -0.2) is 72.6 Å². The van der Waals surface area contributed by atoms with Crippen LogP contribution in [-0.2, 0) is 25.5 Å². The van der Waals surface area contributed by atoms with Crippen LogP contribution in [0.2, 0.25) is 18.1 Å². The maximum absolute atomic E-state index is 13.8. The van der Waals surface area contributed by atoms with Gasteiger partial charge in [-0.05, 0) is 75.4 Å². The van der Waals surface area contributed by atoms with Crippen LogP contribution in [0, 0.1) is 5.92 Å². The number of nitrogens with one attached hydrogen (secondary N) is 3. The molecule has 0 radical (unpaired) electrons. The second-order valence-corrected chi connectivity index (χ2v) is 18.5. The number of carboxylic acids is 1. The molecule has 3 atom stereocenters. The highest BCUT2D eigenvalue weighted by Crippen LogP contribution is 2.37. The second-order valence-electron chi connectivity index (χ2n) is 13.8. The van der Waals surface area contributed by atoms with Crippen LogP contribution in [0.25, 0.3) is 0 Å². The van der Waals surface area contributed by atoms with Crippen molar-refractivity contribution in [2.24, 2.45) is 5.92 Å². The number of carbonyl (C=O) groups is 4. The molecule has 1 saturated heterocycles. The van der Waals surface area contributed by atoms with Crippen LogP contribution in [0.15, 0.2) is 24.3 Å². The van der Waals surface area contributed by atoms with E-state index in [-0.39, 0.29) is 17.4 Å². The number of nitrogens with zero attached hydrogens (tertiary/aromatic N) is 1. The number of amides is 3. The van der Waals surface area contributed by atoms with E-state index in [4.69, 9.17) is 9.16 Å². The highest BCUT2D eigenvalue weighted by molar-refractivity contribution is 6.74. The first kappa shape index (κ1) is 35.1. The lowest BCUT2D eigenvalue weighted by atomic mass is 10.0. The Kier molecular flexibility index (Phi) is 11.6. The van der Waals surface area contributed by atoms with Crippen LogP contribution >= 0.6 is 0 Å². The van der Waals surface area contributed by atoms with E-state index in [9.17, 15) is 24.3 Å². The Bertz CT molecular complexity index is 1130. The summed E-state index contributed by atoms with van der Waals surface area (Å²) in [6, 6.07) is 4.54. The predicted molar refractivity (Wildman–Crippen MR) is 163 cm³/mol. The van der Waals surface area contributed by atoms with Gasteiger partial charge in [-0.15, -0.1) is 0 Å². The number of hydrogen-bond acceptors (Lipinski definition) is 7. The number of hydrogen-bond donors (Lipinski definition) is 4. The normalized spacial score (nSPS) is 17.7. The molecule has 11 nitrogen and oxygen atoms in total. The topological polar surface area (TPSA) is 146 Å². The van der Waals surface area contributed by atoms with Gasteiger partial charge in [0.05, 0.1) is 0 Å². The summed E-state index contributed by atoms with van der Waals surface area (Å²) in [6.07, 6.45) is 0.280. The Morgan fingerprint density at radius 2 is 1.74 bits per heavy atom. The number of hydrazine groups is 1. The first-order valence-electron chi connectivity index (χ1n) is 14.6. The van der Waals surface area contributed by atoms with Gasteiger partial charge in [-0.25, -0.2) is 10.2 Å². The van der Waals surface area contributed by atoms with Gasteiger partial charge in [-0.1, -0.05) is 46.8 Å². The molecule has 0 aliphatic carbocycles. The second kappa shape index (κ2) is 13.9. The van der Waals surface area contributed by atoms with E-state index in [1.807, 2.05) is 24.3 Å². The van der Waals surface area contributed by atoms with Crippen molar-refractivity contribution < 1.29 is 33.4 Å². The van der Waals surface area contributed by atoms with Gasteiger partial charge in [0.25, 0.3) is 5.91 Å². The molecule has 0 spiro atoms. The monoisotopic (exact) mass is 606 g/mol. The minimum absolute atomic E-state index is 0.0108. The zero-order chi connectivity index (χ0) is 32.0. The van der Waals surface area contributed by atoms with E-state index in [1.165, 1.54) is 5.01 Å². The molecule has 0 unspecified atom stereocenters. The summed E-state index contributed by atoms with van der Waals surface area (Å²) in [5, 5.41) is 16.2. The largest absolute Gasteiger partial charge is 0.543 e. The van der Waals surface area contributed by atoms with Gasteiger partial charge in [-0.2, -0.15) is 0 Å². The van der Waals surface area contributed by atoms with Gasteiger partial charge in [0.2, 0.25) is 14.2 Å². The molecule has 1 aromatic carbocycles. The molecular weight excluding hydrogens is 556 g/mol. The number of ether oxygens (including phenoxy) is 1. The number of aliphatic carboxylic acids is 1. The summed E-state index contributed by atoms with van der Waals surface area (Å²) in [5.74, 6) is -1.69. The maximum atomic E-state index is 13.8. The number of carboxylic acid groups (broad SMARTS) is 1. The highest BCUT2D eigenvalue weighted by atomic mass is 28.4. The van der Waals surface area contributed by atoms with Crippen LogP contribution in [0.4, 0.5) is 4.79 Å². The summed E-state index contributed by atoms with van der Waals surface area (Å²) >= 11 is 0. The van der Waals surface area contributed by atoms with Crippen molar-refractivity contribution in [1.82, 2.24) is 21.1 Å². The lowest BCUT2D eigenvalue weighted by Gasteiger charge is -2.36. The smallest absolute Gasteiger partial charge is 0.408 e. The number of rotatable bonds is 10. The fraction of sp³-hybridized carbons (Fsp3) is 0.667. The Labute approximate surface area is 251 Å². The summed E-state index contributed by atoms with van der Waals surface area (Å²) in [4.78, 5) is 51.4. The fourth-order valence-electron chi connectivity index (χ4n) is 4.16. The molecule has 4 N–H and O–H groups in total. The van der Waals surface area contributed by atoms with Gasteiger partial charge in [0.1, 0.15) is 29.5 Å². The van der Waals surface area contributed by atoms with E-state index < -0.39 is 55.9 Å². The van der Waals surface area contributed by atoms with E-state index in [1.54, 1.807) is 34.6 Å². The Balaban J connectivity index is 2.35. The number of benzene rings is 1. The highest BCUT2D eigenvalue weighted by Gasteiger charge is 2.39. The van der Waals surface area contributed by atoms with Gasteiger partial charge in [-0.3, -0.25) is 19.4 Å². The predicted octanol–water partition coefficient (Wildman–Crippen LogP) is 4.23. The van der Waals surface area contributed by atoms with Crippen molar-refractivity contribution in [1.29, 1.82) is 0 Å². The minimum Gasteiger partial charge on any atom is -0.543 e. The maximum Gasteiger partial charge on any atom is 0.408 e. The quantitative estimate of drug-likeness (QED) is 0.290. The van der Waals surface area contributed by atoms with Crippen LogP contribution in [0.3, 0.4) is 0 Å². The molecule has 1 fully saturated rings. The molecule has 0 aromatic heterocycles. The average Bonchev–Trinajstić information content (AvgIpc) is 2.84. The van der Waals surface area contributed by atoms with Crippen molar-refractivity contribution in [2.75, 3.05) is 6.54 Å². The van der Waals surface area contributed by atoms with Crippen molar-refractivity contribution in [3.05, 3.63) is 29.8 Å². The molecule has 1 heterocycles. The fourth-order valence-corrected chi connectivity index (χ4v) is 5.18. The molecule has 2 rings (SSSR count). The van der Waals surface area contributed by atoms with Crippen molar-refractivity contribution in [3.8, 4) is 5.75 Å². The standard InChI is InChI=1S/C30H50N4O7Si/c1-19(2)24(32-28(39)40-29(3,4)5)25(35)31-23(26(36)34-16-12-15-22(33-34)27(37)38)18-20-13-11-14-21(17-20)41-42(9,10)30(6,7)8/h11,13-14,17,19,22-24,33H,12,15-16,18H2,1-10H3,(H,31,35)(H,32,39)(H,37,38)/t22-,23-,24-/m0/s1. The summed E-state index contributed by atoms with van der Waals surface area (Å²) < 4.78 is 11.8. The van der Waals surface area contributed by atoms with Gasteiger partial charge >= 0.3 is 12.1 Å². The Morgan fingerprint density at radius 3 is 2.29 bits per heavy atom. The van der Waals surface area contributed by atoms with Gasteiger partial charge in [0.15, 0.2) is 0 Å². The van der Waals surface area contributed by atoms with Crippen LogP contribution in [0.5, 0.6) is 5.75 Å². The molecule has 1 aliphatic heterocycles. The Hall–Kier alpha value is -3.12. The zero-order valence-corrected chi connectivity index (χ0v) is 27.8. The van der Waals surface area contributed by atoms with Crippen LogP contribution < -0.4 is 20.5 Å². The lowest BCUT2D eigenvalue weighted by Crippen LogP contribution is -2.62. The van der Waals surface area contributed by atoms with E-state index in [0.717, 1.165) is 5.56 Å². The number of carbonyl (C=O) groups excluding carboxylic acids is 3. The molecule has 3 amide bonds. The van der Waals surface area contributed by atoms with Gasteiger partial charge in [0, 0.05) is 13.0 Å². The third-order valence-corrected chi connectivity index (χ3v) is 11.9. The summed E-state index contributed by atoms with van der Waals surface area (Å²) in [7, 11) is -2.12. The summed E-state index contributed by atoms with van der Waals surface area (Å²) in [5.41, 5.74) is 2.80. The first-order valence-corrected chi connectivity index (χ1v) is 17.5. The molecule has 42 heavy (non-hydrogen) atoms. The zero-order valence-electron chi connectivity index (χ0n) is 26.8. The number of alkyl carbamates (subject to hydrolysis) is 1. The molecule has 0 saturated carbocycles. The molecule has 0 bridgehead atoms.